The summed E-state index contributed by atoms with van der Waals surface area (Å²) in [5.74, 6) is 0.0106. The van der Waals surface area contributed by atoms with Crippen molar-refractivity contribution < 1.29 is 9.59 Å². The Morgan fingerprint density at radius 1 is 1.33 bits per heavy atom. The summed E-state index contributed by atoms with van der Waals surface area (Å²) in [4.78, 5) is 23.7. The molecule has 1 aromatic heterocycles. The minimum atomic E-state index is -0.296. The Labute approximate surface area is 122 Å². The Hall–Kier alpha value is -2.63. The van der Waals surface area contributed by atoms with E-state index in [1.807, 2.05) is 26.0 Å². The number of benzene rings is 1. The first kappa shape index (κ1) is 14.8. The van der Waals surface area contributed by atoms with E-state index >= 15 is 0 Å². The predicted molar refractivity (Wildman–Crippen MR) is 80.1 cm³/mol. The van der Waals surface area contributed by atoms with Crippen LogP contribution in [0.2, 0.25) is 0 Å². The maximum atomic E-state index is 11.9. The van der Waals surface area contributed by atoms with Crippen molar-refractivity contribution in [3.8, 4) is 0 Å². The summed E-state index contributed by atoms with van der Waals surface area (Å²) in [5, 5.41) is 11.9. The van der Waals surface area contributed by atoms with Crippen LogP contribution in [0.15, 0.2) is 30.5 Å². The van der Waals surface area contributed by atoms with Crippen LogP contribution in [0.25, 0.3) is 0 Å². The number of rotatable bonds is 5. The second-order valence-electron chi connectivity index (χ2n) is 4.72. The third-order valence-corrected chi connectivity index (χ3v) is 3.05. The summed E-state index contributed by atoms with van der Waals surface area (Å²) in [6, 6.07) is 7.21. The lowest BCUT2D eigenvalue weighted by Gasteiger charge is -2.07. The number of aryl methyl sites for hydroxylation is 2. The van der Waals surface area contributed by atoms with Gasteiger partial charge in [-0.1, -0.05) is 24.6 Å². The van der Waals surface area contributed by atoms with E-state index in [0.717, 1.165) is 17.5 Å². The molecule has 0 spiro atoms. The van der Waals surface area contributed by atoms with Gasteiger partial charge in [0.15, 0.2) is 0 Å². The first-order chi connectivity index (χ1) is 10.1. The molecule has 0 saturated heterocycles. The monoisotopic (exact) mass is 286 g/mol. The second kappa shape index (κ2) is 6.69. The van der Waals surface area contributed by atoms with Crippen molar-refractivity contribution in [2.75, 3.05) is 11.9 Å². The number of anilines is 1. The highest BCUT2D eigenvalue weighted by Crippen LogP contribution is 2.10. The number of hydrogen-bond acceptors (Lipinski definition) is 3. The first-order valence-electron chi connectivity index (χ1n) is 6.77. The van der Waals surface area contributed by atoms with E-state index in [1.165, 1.54) is 0 Å². The van der Waals surface area contributed by atoms with Crippen LogP contribution in [0.4, 0.5) is 5.82 Å². The molecule has 1 aromatic carbocycles. The van der Waals surface area contributed by atoms with Gasteiger partial charge in [0, 0.05) is 11.1 Å². The topological polar surface area (TPSA) is 86.9 Å². The molecular formula is C15H18N4O2. The zero-order valence-corrected chi connectivity index (χ0v) is 12.1. The van der Waals surface area contributed by atoms with Gasteiger partial charge in [-0.2, -0.15) is 5.10 Å². The Bertz CT molecular complexity index is 649. The van der Waals surface area contributed by atoms with Gasteiger partial charge in [-0.25, -0.2) is 0 Å². The van der Waals surface area contributed by atoms with Crippen molar-refractivity contribution in [2.24, 2.45) is 0 Å². The summed E-state index contributed by atoms with van der Waals surface area (Å²) in [7, 11) is 0. The van der Waals surface area contributed by atoms with Gasteiger partial charge >= 0.3 is 0 Å². The van der Waals surface area contributed by atoms with Gasteiger partial charge in [-0.15, -0.1) is 0 Å². The number of nitrogens with one attached hydrogen (secondary N) is 3. The highest BCUT2D eigenvalue weighted by Gasteiger charge is 2.10. The molecule has 0 atom stereocenters. The molecule has 0 fully saturated rings. The number of H-pyrrole nitrogens is 1. The standard InChI is InChI=1S/C15H18N4O2/c1-3-11-8-17-19-14(11)18-13(20)9-16-15(21)12-6-4-5-10(2)7-12/h4-8H,3,9H2,1-2H3,(H,16,21)(H2,17,18,19,20). The third-order valence-electron chi connectivity index (χ3n) is 3.05. The number of carbonyl (C=O) groups is 2. The van der Waals surface area contributed by atoms with Crippen LogP contribution in [-0.4, -0.2) is 28.6 Å². The molecule has 1 heterocycles. The molecule has 6 heteroatoms. The van der Waals surface area contributed by atoms with Gasteiger partial charge in [-0.3, -0.25) is 14.7 Å². The van der Waals surface area contributed by atoms with E-state index in [-0.39, 0.29) is 18.4 Å². The SMILES string of the molecule is CCc1cn[nH]c1NC(=O)CNC(=O)c1cccc(C)c1. The molecule has 2 rings (SSSR count). The maximum absolute atomic E-state index is 11.9. The van der Waals surface area contributed by atoms with Crippen molar-refractivity contribution in [3.05, 3.63) is 47.2 Å². The molecule has 0 saturated carbocycles. The molecule has 0 bridgehead atoms. The van der Waals surface area contributed by atoms with Crippen LogP contribution in [0.1, 0.15) is 28.4 Å². The zero-order valence-electron chi connectivity index (χ0n) is 12.1. The fourth-order valence-corrected chi connectivity index (χ4v) is 1.92. The molecule has 0 aliphatic rings. The first-order valence-corrected chi connectivity index (χ1v) is 6.77. The lowest BCUT2D eigenvalue weighted by Crippen LogP contribution is -2.33. The van der Waals surface area contributed by atoms with Crippen molar-refractivity contribution >= 4 is 17.6 Å². The van der Waals surface area contributed by atoms with E-state index in [0.29, 0.717) is 11.4 Å². The molecule has 6 nitrogen and oxygen atoms in total. The highest BCUT2D eigenvalue weighted by molar-refractivity contribution is 5.99. The molecule has 110 valence electrons. The van der Waals surface area contributed by atoms with E-state index in [1.54, 1.807) is 18.3 Å². The fourth-order valence-electron chi connectivity index (χ4n) is 1.92. The smallest absolute Gasteiger partial charge is 0.251 e. The minimum Gasteiger partial charge on any atom is -0.343 e. The normalized spacial score (nSPS) is 10.2. The molecule has 0 unspecified atom stereocenters. The lowest BCUT2D eigenvalue weighted by molar-refractivity contribution is -0.115. The van der Waals surface area contributed by atoms with Crippen LogP contribution >= 0.6 is 0 Å². The highest BCUT2D eigenvalue weighted by atomic mass is 16.2. The number of carbonyl (C=O) groups excluding carboxylic acids is 2. The molecular weight excluding hydrogens is 268 g/mol. The van der Waals surface area contributed by atoms with E-state index < -0.39 is 0 Å². The van der Waals surface area contributed by atoms with Crippen molar-refractivity contribution in [2.45, 2.75) is 20.3 Å². The van der Waals surface area contributed by atoms with Crippen LogP contribution in [0, 0.1) is 6.92 Å². The van der Waals surface area contributed by atoms with Crippen LogP contribution < -0.4 is 10.6 Å². The number of aromatic nitrogens is 2. The maximum Gasteiger partial charge on any atom is 0.251 e. The van der Waals surface area contributed by atoms with Gasteiger partial charge in [-0.05, 0) is 25.5 Å². The predicted octanol–water partition coefficient (Wildman–Crippen LogP) is 1.65. The van der Waals surface area contributed by atoms with Gasteiger partial charge in [0.05, 0.1) is 12.7 Å². The Morgan fingerprint density at radius 3 is 2.86 bits per heavy atom. The largest absolute Gasteiger partial charge is 0.343 e. The number of hydrogen-bond donors (Lipinski definition) is 3. The van der Waals surface area contributed by atoms with E-state index in [4.69, 9.17) is 0 Å². The summed E-state index contributed by atoms with van der Waals surface area (Å²) in [6.45, 7) is 3.79. The van der Waals surface area contributed by atoms with Crippen LogP contribution in [-0.2, 0) is 11.2 Å². The molecule has 3 N–H and O–H groups in total. The Balaban J connectivity index is 1.88. The van der Waals surface area contributed by atoms with Crippen molar-refractivity contribution in [1.29, 1.82) is 0 Å². The quantitative estimate of drug-likeness (QED) is 0.781. The van der Waals surface area contributed by atoms with E-state index in [2.05, 4.69) is 20.8 Å². The Morgan fingerprint density at radius 2 is 2.14 bits per heavy atom. The van der Waals surface area contributed by atoms with Crippen LogP contribution in [0.5, 0.6) is 0 Å². The molecule has 21 heavy (non-hydrogen) atoms. The summed E-state index contributed by atoms with van der Waals surface area (Å²) in [5.41, 5.74) is 2.46. The lowest BCUT2D eigenvalue weighted by atomic mass is 10.1. The van der Waals surface area contributed by atoms with Gasteiger partial charge in [0.25, 0.3) is 5.91 Å². The summed E-state index contributed by atoms with van der Waals surface area (Å²) in [6.07, 6.45) is 2.43. The molecule has 2 aromatic rings. The number of nitrogens with zero attached hydrogens (tertiary/aromatic N) is 1. The van der Waals surface area contributed by atoms with Crippen molar-refractivity contribution in [3.63, 3.8) is 0 Å². The van der Waals surface area contributed by atoms with Crippen molar-refractivity contribution in [1.82, 2.24) is 15.5 Å². The molecule has 0 aliphatic heterocycles. The third kappa shape index (κ3) is 3.92. The van der Waals surface area contributed by atoms with Gasteiger partial charge < -0.3 is 10.6 Å². The second-order valence-corrected chi connectivity index (χ2v) is 4.72. The molecule has 2 amide bonds. The van der Waals surface area contributed by atoms with Gasteiger partial charge in [0.2, 0.25) is 5.91 Å². The van der Waals surface area contributed by atoms with E-state index in [9.17, 15) is 9.59 Å². The average molecular weight is 286 g/mol. The number of aromatic amines is 1. The molecule has 0 aliphatic carbocycles. The Kier molecular flexibility index (Phi) is 4.71. The minimum absolute atomic E-state index is 0.0883. The fraction of sp³-hybridized carbons (Fsp3) is 0.267. The molecule has 0 radical (unpaired) electrons. The number of amides is 2. The summed E-state index contributed by atoms with van der Waals surface area (Å²) >= 11 is 0. The van der Waals surface area contributed by atoms with Crippen LogP contribution in [0.3, 0.4) is 0 Å². The average Bonchev–Trinajstić information content (AvgIpc) is 2.92. The van der Waals surface area contributed by atoms with Gasteiger partial charge in [0.1, 0.15) is 5.82 Å². The summed E-state index contributed by atoms with van der Waals surface area (Å²) < 4.78 is 0. The zero-order chi connectivity index (χ0) is 15.2.